The third-order valence-electron chi connectivity index (χ3n) is 5.25. The van der Waals surface area contributed by atoms with E-state index in [0.29, 0.717) is 21.0 Å². The van der Waals surface area contributed by atoms with Gasteiger partial charge in [0.2, 0.25) is 0 Å². The van der Waals surface area contributed by atoms with E-state index in [1.807, 2.05) is 94.1 Å². The van der Waals surface area contributed by atoms with Crippen LogP contribution >= 0.6 is 195 Å². The number of rotatable bonds is 18. The Hall–Kier alpha value is 5.60. The standard InChI is InChI=1S/C19H32S16/c20-16(21,2-10-6-28-10)32-14(33-17(22,23)3-11-7-29-11)1-15(34-18(24,25)4-12-8-30-12)35-19(26,27)5-13-9-31-13/h10-15,20-27H,1-9H2. The second-order valence-electron chi connectivity index (χ2n) is 9.18. The maximum absolute atomic E-state index is 5.01. The fourth-order valence-electron chi connectivity index (χ4n) is 3.36. The molecule has 0 aromatic rings. The molecule has 4 saturated heterocycles. The van der Waals surface area contributed by atoms with Gasteiger partial charge < -0.3 is 0 Å². The molecule has 0 radical (unpaired) electrons. The van der Waals surface area contributed by atoms with E-state index in [0.717, 1.165) is 32.1 Å². The molecule has 0 aromatic heterocycles. The molecule has 0 saturated carbocycles. The molecule has 4 fully saturated rings. The minimum absolute atomic E-state index is 0.234. The fraction of sp³-hybridized carbons (Fsp3) is 1.00. The summed E-state index contributed by atoms with van der Waals surface area (Å²) < 4.78 is -1.07. The number of thioether (sulfide) groups is 8. The molecular weight excluding hydrogens is 741 g/mol. The minimum atomic E-state index is -0.384. The number of hydrogen-bond donors (Lipinski definition) is 8. The highest BCUT2D eigenvalue weighted by Crippen LogP contribution is 2.60. The van der Waals surface area contributed by atoms with Gasteiger partial charge in [-0.3, -0.25) is 0 Å². The molecule has 204 valence electrons. The van der Waals surface area contributed by atoms with Crippen LogP contribution in [0.1, 0.15) is 32.1 Å². The molecular formula is C19H32S16. The van der Waals surface area contributed by atoms with Gasteiger partial charge in [0.1, 0.15) is 13.6 Å². The van der Waals surface area contributed by atoms with E-state index in [1.165, 1.54) is 23.0 Å². The Bertz CT molecular complexity index is 583. The summed E-state index contributed by atoms with van der Waals surface area (Å²) in [4.78, 5) is 0. The van der Waals surface area contributed by atoms with Gasteiger partial charge in [-0.15, -0.1) is 47.0 Å². The lowest BCUT2D eigenvalue weighted by molar-refractivity contribution is 0.898. The highest BCUT2D eigenvalue weighted by molar-refractivity contribution is 8.35. The van der Waals surface area contributed by atoms with Crippen LogP contribution in [0.15, 0.2) is 0 Å². The van der Waals surface area contributed by atoms with Crippen LogP contribution in [-0.2, 0) is 0 Å². The van der Waals surface area contributed by atoms with Crippen molar-refractivity contribution in [3.05, 3.63) is 0 Å². The Kier molecular flexibility index (Phi) is 13.5. The molecule has 0 amide bonds. The molecule has 0 aromatic carbocycles. The van der Waals surface area contributed by atoms with Crippen LogP contribution in [0, 0.1) is 0 Å². The Labute approximate surface area is 290 Å². The van der Waals surface area contributed by atoms with Crippen molar-refractivity contribution in [1.29, 1.82) is 0 Å². The predicted molar refractivity (Wildman–Crippen MR) is 209 cm³/mol. The van der Waals surface area contributed by atoms with Gasteiger partial charge in [0.15, 0.2) is 0 Å². The van der Waals surface area contributed by atoms with Crippen LogP contribution in [0.25, 0.3) is 0 Å². The summed E-state index contributed by atoms with van der Waals surface area (Å²) in [6.07, 6.45) is 4.90. The van der Waals surface area contributed by atoms with Crippen molar-refractivity contribution in [1.82, 2.24) is 0 Å². The van der Waals surface area contributed by atoms with Crippen molar-refractivity contribution < 1.29 is 0 Å². The number of hydrogen-bond acceptors (Lipinski definition) is 16. The monoisotopic (exact) mass is 772 g/mol. The van der Waals surface area contributed by atoms with Gasteiger partial charge in [0, 0.05) is 44.0 Å². The van der Waals surface area contributed by atoms with E-state index in [-0.39, 0.29) is 22.8 Å². The maximum Gasteiger partial charge on any atom is 0.103 e. The average molecular weight is 774 g/mol. The quantitative estimate of drug-likeness (QED) is 0.0391. The first kappa shape index (κ1) is 33.5. The maximum atomic E-state index is 5.01. The molecule has 0 aliphatic carbocycles. The third-order valence-corrected chi connectivity index (χ3v) is 18.3. The van der Waals surface area contributed by atoms with Gasteiger partial charge in [0.05, 0.1) is 9.16 Å². The van der Waals surface area contributed by atoms with Gasteiger partial charge >= 0.3 is 0 Å². The van der Waals surface area contributed by atoms with Gasteiger partial charge in [-0.1, -0.05) is 0 Å². The lowest BCUT2D eigenvalue weighted by Gasteiger charge is -2.37. The summed E-state index contributed by atoms with van der Waals surface area (Å²) >= 11 is 55.5. The Morgan fingerprint density at radius 1 is 0.486 bits per heavy atom. The van der Waals surface area contributed by atoms with Crippen LogP contribution in [0.2, 0.25) is 0 Å². The smallest absolute Gasteiger partial charge is 0.103 e. The molecule has 4 aliphatic rings. The average Bonchev–Trinajstić information content (AvgIpc) is 3.47. The predicted octanol–water partition coefficient (Wildman–Crippen LogP) is 9.04. The zero-order valence-corrected chi connectivity index (χ0v) is 32.4. The molecule has 0 nitrogen and oxygen atoms in total. The first-order chi connectivity index (χ1) is 16.2. The third kappa shape index (κ3) is 14.8. The normalized spacial score (nSPS) is 30.2. The first-order valence-electron chi connectivity index (χ1n) is 11.1. The fourth-order valence-corrected chi connectivity index (χ4v) is 20.7. The molecule has 4 aliphatic heterocycles. The summed E-state index contributed by atoms with van der Waals surface area (Å²) in [6.45, 7) is 0. The van der Waals surface area contributed by atoms with E-state index in [4.69, 9.17) is 101 Å². The topological polar surface area (TPSA) is 0 Å². The molecule has 35 heavy (non-hydrogen) atoms. The zero-order chi connectivity index (χ0) is 25.5. The van der Waals surface area contributed by atoms with E-state index in [1.54, 1.807) is 0 Å². The molecule has 16 heteroatoms. The SMILES string of the molecule is SC(S)(CC1CS1)SC(CC(SC(S)(S)CC1CS1)SC(S)(S)CC1CS1)SC(S)(S)CC1CS1. The van der Waals surface area contributed by atoms with Crippen molar-refractivity contribution >= 4 is 195 Å². The summed E-state index contributed by atoms with van der Waals surface area (Å²) in [5.74, 6) is 4.89. The molecule has 0 N–H and O–H groups in total. The zero-order valence-electron chi connectivity index (χ0n) is 18.7. The summed E-state index contributed by atoms with van der Waals surface area (Å²) in [7, 11) is 0. The van der Waals surface area contributed by atoms with Crippen molar-refractivity contribution in [3.8, 4) is 0 Å². The van der Waals surface area contributed by atoms with E-state index < -0.39 is 0 Å². The molecule has 0 bridgehead atoms. The van der Waals surface area contributed by atoms with Crippen LogP contribution in [0.5, 0.6) is 0 Å². The van der Waals surface area contributed by atoms with E-state index in [9.17, 15) is 0 Å². The highest BCUT2D eigenvalue weighted by atomic mass is 32.3. The lowest BCUT2D eigenvalue weighted by atomic mass is 10.4. The molecule has 0 spiro atoms. The highest BCUT2D eigenvalue weighted by Gasteiger charge is 2.43. The summed E-state index contributed by atoms with van der Waals surface area (Å²) in [5, 5.41) is 2.72. The lowest BCUT2D eigenvalue weighted by Crippen LogP contribution is -2.26. The van der Waals surface area contributed by atoms with Crippen molar-refractivity contribution in [3.63, 3.8) is 0 Å². The van der Waals surface area contributed by atoms with E-state index >= 15 is 0 Å². The van der Waals surface area contributed by atoms with Gasteiger partial charge in [0.25, 0.3) is 0 Å². The van der Waals surface area contributed by atoms with Gasteiger partial charge in [-0.05, 0) is 32.1 Å². The second-order valence-corrected chi connectivity index (χ2v) is 31.1. The van der Waals surface area contributed by atoms with Gasteiger partial charge in [-0.25, -0.2) is 0 Å². The van der Waals surface area contributed by atoms with Crippen LogP contribution in [-0.4, -0.2) is 66.8 Å². The largest absolute Gasteiger partial charge is 0.156 e. The van der Waals surface area contributed by atoms with Crippen LogP contribution in [0.4, 0.5) is 0 Å². The summed E-state index contributed by atoms with van der Waals surface area (Å²) in [5.41, 5.74) is 0. The van der Waals surface area contributed by atoms with Crippen molar-refractivity contribution in [2.45, 2.75) is 75.9 Å². The second kappa shape index (κ2) is 14.1. The Morgan fingerprint density at radius 2 is 0.686 bits per heavy atom. The van der Waals surface area contributed by atoms with Gasteiger partial charge in [-0.2, -0.15) is 148 Å². The Morgan fingerprint density at radius 3 is 0.857 bits per heavy atom. The first-order valence-corrected chi connectivity index (χ1v) is 22.4. The molecule has 4 heterocycles. The van der Waals surface area contributed by atoms with Crippen molar-refractivity contribution in [2.24, 2.45) is 0 Å². The Balaban J connectivity index is 1.46. The molecule has 4 rings (SSSR count). The van der Waals surface area contributed by atoms with E-state index in [2.05, 4.69) is 0 Å². The van der Waals surface area contributed by atoms with Crippen LogP contribution < -0.4 is 0 Å². The van der Waals surface area contributed by atoms with Crippen molar-refractivity contribution in [2.75, 3.05) is 23.0 Å². The minimum Gasteiger partial charge on any atom is -0.156 e. The molecule has 4 unspecified atom stereocenters. The summed E-state index contributed by atoms with van der Waals surface area (Å²) in [6, 6.07) is 0. The number of thiol groups is 8. The van der Waals surface area contributed by atoms with Crippen LogP contribution in [0.3, 0.4) is 0 Å². The molecule has 4 atom stereocenters.